The van der Waals surface area contributed by atoms with Gasteiger partial charge in [0.05, 0.1) is 11.7 Å². The van der Waals surface area contributed by atoms with E-state index in [4.69, 9.17) is 4.74 Å². The highest BCUT2D eigenvalue weighted by atomic mass is 16.5. The van der Waals surface area contributed by atoms with Crippen molar-refractivity contribution in [2.24, 2.45) is 0 Å². The lowest BCUT2D eigenvalue weighted by atomic mass is 9.85. The number of pyridine rings is 1. The molecule has 2 atom stereocenters. The van der Waals surface area contributed by atoms with Crippen LogP contribution >= 0.6 is 0 Å². The van der Waals surface area contributed by atoms with Gasteiger partial charge in [0.25, 0.3) is 0 Å². The van der Waals surface area contributed by atoms with E-state index in [1.165, 1.54) is 0 Å². The predicted molar refractivity (Wildman–Crippen MR) is 66.8 cm³/mol. The van der Waals surface area contributed by atoms with Gasteiger partial charge >= 0.3 is 0 Å². The van der Waals surface area contributed by atoms with Gasteiger partial charge in [0.15, 0.2) is 0 Å². The van der Waals surface area contributed by atoms with Gasteiger partial charge in [-0.3, -0.25) is 4.98 Å². The number of nitrogens with zero attached hydrogens (tertiary/aromatic N) is 1. The van der Waals surface area contributed by atoms with Crippen molar-refractivity contribution in [1.82, 2.24) is 4.98 Å². The maximum Gasteiger partial charge on any atom is 0.0749 e. The molecule has 0 spiro atoms. The maximum absolute atomic E-state index is 10.6. The molecule has 2 rings (SSSR count). The zero-order valence-electron chi connectivity index (χ0n) is 10.4. The summed E-state index contributed by atoms with van der Waals surface area (Å²) in [5.74, 6) is 0. The monoisotopic (exact) mass is 235 g/mol. The second kappa shape index (κ2) is 5.61. The Bertz CT molecular complexity index is 339. The van der Waals surface area contributed by atoms with E-state index in [0.29, 0.717) is 19.4 Å². The average molecular weight is 235 g/mol. The van der Waals surface area contributed by atoms with E-state index in [0.717, 1.165) is 25.0 Å². The molecule has 0 aliphatic carbocycles. The van der Waals surface area contributed by atoms with E-state index < -0.39 is 5.60 Å². The smallest absolute Gasteiger partial charge is 0.0749 e. The average Bonchev–Trinajstić information content (AvgIpc) is 2.30. The van der Waals surface area contributed by atoms with Gasteiger partial charge in [0.2, 0.25) is 0 Å². The van der Waals surface area contributed by atoms with Crippen molar-refractivity contribution in [2.45, 2.75) is 50.7 Å². The second-order valence-electron chi connectivity index (χ2n) is 4.96. The molecule has 0 saturated carbocycles. The van der Waals surface area contributed by atoms with Crippen molar-refractivity contribution >= 4 is 0 Å². The molecule has 0 aromatic carbocycles. The molecule has 2 heterocycles. The molecule has 0 amide bonds. The summed E-state index contributed by atoms with van der Waals surface area (Å²) in [5, 5.41) is 10.6. The quantitative estimate of drug-likeness (QED) is 0.871. The fourth-order valence-corrected chi connectivity index (χ4v) is 2.51. The van der Waals surface area contributed by atoms with E-state index in [-0.39, 0.29) is 6.10 Å². The number of aromatic nitrogens is 1. The second-order valence-corrected chi connectivity index (χ2v) is 4.96. The Morgan fingerprint density at radius 3 is 3.12 bits per heavy atom. The van der Waals surface area contributed by atoms with Crippen LogP contribution in [0.3, 0.4) is 0 Å². The molecule has 94 valence electrons. The lowest BCUT2D eigenvalue weighted by molar-refractivity contribution is -0.105. The fourth-order valence-electron chi connectivity index (χ4n) is 2.51. The largest absolute Gasteiger partial charge is 0.389 e. The van der Waals surface area contributed by atoms with Gasteiger partial charge in [-0.15, -0.1) is 0 Å². The van der Waals surface area contributed by atoms with Crippen molar-refractivity contribution in [1.29, 1.82) is 0 Å². The first-order valence-electron chi connectivity index (χ1n) is 6.46. The first-order valence-corrected chi connectivity index (χ1v) is 6.46. The molecule has 0 bridgehead atoms. The van der Waals surface area contributed by atoms with Crippen LogP contribution < -0.4 is 0 Å². The zero-order chi connectivity index (χ0) is 12.1. The van der Waals surface area contributed by atoms with E-state index in [1.807, 2.05) is 18.2 Å². The van der Waals surface area contributed by atoms with Crippen molar-refractivity contribution in [2.75, 3.05) is 6.61 Å². The Morgan fingerprint density at radius 1 is 1.53 bits per heavy atom. The standard InChI is InChI=1S/C14H21NO2/c1-2-5-13-11-14(16,7-9-17-13)10-12-6-3-4-8-15-12/h3-4,6,8,13,16H,2,5,7,9-11H2,1H3. The lowest BCUT2D eigenvalue weighted by Crippen LogP contribution is -2.42. The normalized spacial score (nSPS) is 29.2. The van der Waals surface area contributed by atoms with Crippen molar-refractivity contribution in [3.63, 3.8) is 0 Å². The summed E-state index contributed by atoms with van der Waals surface area (Å²) in [5.41, 5.74) is 0.332. The van der Waals surface area contributed by atoms with Gasteiger partial charge in [-0.2, -0.15) is 0 Å². The minimum absolute atomic E-state index is 0.211. The van der Waals surface area contributed by atoms with Crippen LogP contribution in [-0.4, -0.2) is 28.4 Å². The third-order valence-corrected chi connectivity index (χ3v) is 3.38. The third-order valence-electron chi connectivity index (χ3n) is 3.38. The number of hydrogen-bond donors (Lipinski definition) is 1. The van der Waals surface area contributed by atoms with Crippen molar-refractivity contribution < 1.29 is 9.84 Å². The number of hydrogen-bond acceptors (Lipinski definition) is 3. The molecule has 1 aliphatic heterocycles. The number of ether oxygens (including phenoxy) is 1. The summed E-state index contributed by atoms with van der Waals surface area (Å²) in [6.45, 7) is 2.81. The SMILES string of the molecule is CCCC1CC(O)(Cc2ccccn2)CCO1. The molecule has 17 heavy (non-hydrogen) atoms. The van der Waals surface area contributed by atoms with Crippen LogP contribution in [-0.2, 0) is 11.2 Å². The van der Waals surface area contributed by atoms with Gasteiger partial charge in [-0.05, 0) is 25.0 Å². The summed E-state index contributed by atoms with van der Waals surface area (Å²) in [6.07, 6.45) is 6.21. The Morgan fingerprint density at radius 2 is 2.41 bits per heavy atom. The Balaban J connectivity index is 1.98. The Labute approximate surface area is 103 Å². The molecular weight excluding hydrogens is 214 g/mol. The van der Waals surface area contributed by atoms with Crippen LogP contribution in [0.15, 0.2) is 24.4 Å². The van der Waals surface area contributed by atoms with E-state index in [9.17, 15) is 5.11 Å². The van der Waals surface area contributed by atoms with Gasteiger partial charge in [0, 0.05) is 31.3 Å². The number of aliphatic hydroxyl groups is 1. The van der Waals surface area contributed by atoms with E-state index in [2.05, 4.69) is 11.9 Å². The topological polar surface area (TPSA) is 42.4 Å². The third kappa shape index (κ3) is 3.51. The summed E-state index contributed by atoms with van der Waals surface area (Å²) in [7, 11) is 0. The number of rotatable bonds is 4. The van der Waals surface area contributed by atoms with Crippen molar-refractivity contribution in [3.05, 3.63) is 30.1 Å². The first-order chi connectivity index (χ1) is 8.22. The zero-order valence-corrected chi connectivity index (χ0v) is 10.4. The molecule has 1 fully saturated rings. The summed E-state index contributed by atoms with van der Waals surface area (Å²) < 4.78 is 5.67. The molecular formula is C14H21NO2. The maximum atomic E-state index is 10.6. The van der Waals surface area contributed by atoms with Gasteiger partial charge in [-0.25, -0.2) is 0 Å². The highest BCUT2D eigenvalue weighted by Crippen LogP contribution is 2.29. The minimum Gasteiger partial charge on any atom is -0.389 e. The minimum atomic E-state index is -0.632. The molecule has 1 aliphatic rings. The molecule has 1 saturated heterocycles. The van der Waals surface area contributed by atoms with Crippen molar-refractivity contribution in [3.8, 4) is 0 Å². The van der Waals surface area contributed by atoms with E-state index >= 15 is 0 Å². The van der Waals surface area contributed by atoms with Crippen LogP contribution in [0.1, 0.15) is 38.3 Å². The summed E-state index contributed by atoms with van der Waals surface area (Å²) in [4.78, 5) is 4.29. The van der Waals surface area contributed by atoms with Gasteiger partial charge in [-0.1, -0.05) is 19.4 Å². The molecule has 3 heteroatoms. The molecule has 2 unspecified atom stereocenters. The Kier molecular flexibility index (Phi) is 4.13. The molecule has 3 nitrogen and oxygen atoms in total. The summed E-state index contributed by atoms with van der Waals surface area (Å²) >= 11 is 0. The van der Waals surface area contributed by atoms with Crippen LogP contribution in [0.5, 0.6) is 0 Å². The molecule has 1 aromatic rings. The lowest BCUT2D eigenvalue weighted by Gasteiger charge is -2.36. The Hall–Kier alpha value is -0.930. The molecule has 0 radical (unpaired) electrons. The highest BCUT2D eigenvalue weighted by Gasteiger charge is 2.35. The van der Waals surface area contributed by atoms with Crippen LogP contribution in [0, 0.1) is 0 Å². The van der Waals surface area contributed by atoms with Gasteiger partial charge in [0.1, 0.15) is 0 Å². The fraction of sp³-hybridized carbons (Fsp3) is 0.643. The van der Waals surface area contributed by atoms with Crippen LogP contribution in [0.4, 0.5) is 0 Å². The molecule has 1 N–H and O–H groups in total. The first kappa shape index (κ1) is 12.5. The molecule has 1 aromatic heterocycles. The predicted octanol–water partition coefficient (Wildman–Crippen LogP) is 2.33. The van der Waals surface area contributed by atoms with E-state index in [1.54, 1.807) is 6.20 Å². The highest BCUT2D eigenvalue weighted by molar-refractivity contribution is 5.08. The van der Waals surface area contributed by atoms with Crippen LogP contribution in [0.25, 0.3) is 0 Å². The van der Waals surface area contributed by atoms with Gasteiger partial charge < -0.3 is 9.84 Å². The van der Waals surface area contributed by atoms with Crippen LogP contribution in [0.2, 0.25) is 0 Å². The summed E-state index contributed by atoms with van der Waals surface area (Å²) in [6, 6.07) is 5.84.